The number of urea groups is 3. The lowest BCUT2D eigenvalue weighted by Crippen LogP contribution is -2.45. The molecule has 0 aromatic carbocycles. The Hall–Kier alpha value is -8.87. The predicted molar refractivity (Wildman–Crippen MR) is 344 cm³/mol. The van der Waals surface area contributed by atoms with E-state index in [9.17, 15) is 56.4 Å². The lowest BCUT2D eigenvalue weighted by Gasteiger charge is -2.27. The van der Waals surface area contributed by atoms with Gasteiger partial charge in [-0.1, -0.05) is 39.8 Å². The molecule has 7 amide bonds. The van der Waals surface area contributed by atoms with E-state index in [4.69, 9.17) is 0 Å². The molecule has 2 saturated heterocycles. The highest BCUT2D eigenvalue weighted by atomic mass is 32.2. The van der Waals surface area contributed by atoms with Gasteiger partial charge in [-0.05, 0) is 127 Å². The van der Waals surface area contributed by atoms with Crippen LogP contribution in [-0.4, -0.2) is 157 Å². The first kappa shape index (κ1) is 78.1. The third-order valence-electron chi connectivity index (χ3n) is 12.5. The highest BCUT2D eigenvalue weighted by molar-refractivity contribution is 7.87. The zero-order chi connectivity index (χ0) is 67.9. The topological polar surface area (TPSA) is 385 Å². The van der Waals surface area contributed by atoms with Crippen LogP contribution in [-0.2, 0) is 15.0 Å². The van der Waals surface area contributed by atoms with Crippen molar-refractivity contribution in [3.05, 3.63) is 160 Å². The lowest BCUT2D eigenvalue weighted by molar-refractivity contribution is -0.118. The number of amides is 7. The highest BCUT2D eigenvalue weighted by Crippen LogP contribution is 2.10. The molecule has 5 aromatic rings. The van der Waals surface area contributed by atoms with Crippen LogP contribution in [0.3, 0.4) is 0 Å². The zero-order valence-electron chi connectivity index (χ0n) is 54.6. The van der Waals surface area contributed by atoms with Crippen LogP contribution in [0.5, 0.6) is 0 Å². The molecular formula is C58H96N18O12S. The molecule has 4 aliphatic rings. The Labute approximate surface area is 519 Å². The summed E-state index contributed by atoms with van der Waals surface area (Å²) in [6.07, 6.45) is 16.2. The maximum absolute atomic E-state index is 11.2. The molecule has 0 saturated carbocycles. The quantitative estimate of drug-likeness (QED) is 0.0898. The van der Waals surface area contributed by atoms with Gasteiger partial charge in [0.15, 0.2) is 0 Å². The van der Waals surface area contributed by atoms with Crippen LogP contribution in [0.25, 0.3) is 0 Å². The van der Waals surface area contributed by atoms with Gasteiger partial charge in [0.1, 0.15) is 12.9 Å². The van der Waals surface area contributed by atoms with Gasteiger partial charge in [-0.3, -0.25) is 43.3 Å². The average Bonchev–Trinajstić information content (AvgIpc) is 4.50. The molecule has 0 spiro atoms. The minimum Gasteiger partial charge on any atom is -0.336 e. The third kappa shape index (κ3) is 27.8. The van der Waals surface area contributed by atoms with Crippen molar-refractivity contribution in [3.63, 3.8) is 0 Å². The van der Waals surface area contributed by atoms with Gasteiger partial charge in [-0.25, -0.2) is 38.5 Å². The molecule has 0 bridgehead atoms. The minimum absolute atomic E-state index is 0.00231. The monoisotopic (exact) mass is 1270 g/mol. The summed E-state index contributed by atoms with van der Waals surface area (Å²) in [5, 5.41) is 17.3. The van der Waals surface area contributed by atoms with Crippen LogP contribution in [0.4, 0.5) is 14.4 Å². The van der Waals surface area contributed by atoms with Gasteiger partial charge in [0, 0.05) is 123 Å². The second-order valence-corrected chi connectivity index (χ2v) is 24.1. The van der Waals surface area contributed by atoms with Crippen LogP contribution >= 0.6 is 0 Å². The number of hydrogen-bond acceptors (Lipinski definition) is 14. The fourth-order valence-electron chi connectivity index (χ4n) is 7.70. The molecule has 9 heterocycles. The normalized spacial score (nSPS) is 14.7. The van der Waals surface area contributed by atoms with Crippen molar-refractivity contribution >= 4 is 34.2 Å². The van der Waals surface area contributed by atoms with Gasteiger partial charge in [0.2, 0.25) is 5.91 Å². The molecule has 9 rings (SSSR count). The number of H-pyrrole nitrogens is 5. The summed E-state index contributed by atoms with van der Waals surface area (Å²) in [6, 6.07) is 7.61. The summed E-state index contributed by atoms with van der Waals surface area (Å²) < 4.78 is 30.3. The van der Waals surface area contributed by atoms with E-state index in [1.165, 1.54) is 43.2 Å². The Morgan fingerprint density at radius 1 is 0.528 bits per heavy atom. The summed E-state index contributed by atoms with van der Waals surface area (Å²) in [7, 11) is -3.23. The van der Waals surface area contributed by atoms with E-state index in [1.807, 2.05) is 134 Å². The number of hydrogen-bond donors (Lipinski definition) is 9. The molecule has 0 radical (unpaired) electrons. The Morgan fingerprint density at radius 2 is 1.12 bits per heavy atom. The van der Waals surface area contributed by atoms with Crippen LogP contribution in [0, 0.1) is 0 Å². The molecule has 0 aliphatic carbocycles. The number of aromatic amines is 5. The van der Waals surface area contributed by atoms with Crippen molar-refractivity contribution in [2.24, 2.45) is 0 Å². The summed E-state index contributed by atoms with van der Waals surface area (Å²) >= 11 is 0. The first-order valence-corrected chi connectivity index (χ1v) is 30.7. The van der Waals surface area contributed by atoms with Crippen molar-refractivity contribution in [2.75, 3.05) is 32.7 Å². The third-order valence-corrected chi connectivity index (χ3v) is 14.2. The molecule has 496 valence electrons. The van der Waals surface area contributed by atoms with Crippen molar-refractivity contribution in [1.29, 1.82) is 0 Å². The van der Waals surface area contributed by atoms with Crippen LogP contribution in [0.1, 0.15) is 166 Å². The second-order valence-electron chi connectivity index (χ2n) is 22.5. The van der Waals surface area contributed by atoms with E-state index < -0.39 is 10.2 Å². The summed E-state index contributed by atoms with van der Waals surface area (Å²) in [5.41, 5.74) is 0.777. The Bertz CT molecular complexity index is 3340. The molecule has 0 unspecified atom stereocenters. The molecule has 0 atom stereocenters. The molecule has 30 nitrogen and oxygen atoms in total. The van der Waals surface area contributed by atoms with Crippen molar-refractivity contribution in [3.8, 4) is 0 Å². The van der Waals surface area contributed by atoms with E-state index in [0.29, 0.717) is 18.5 Å². The number of nitrogens with one attached hydrogen (secondary N) is 9. The van der Waals surface area contributed by atoms with E-state index in [1.54, 1.807) is 66.4 Å². The summed E-state index contributed by atoms with van der Waals surface area (Å²) in [4.78, 5) is 124. The first-order chi connectivity index (χ1) is 41.6. The molecule has 4 aliphatic heterocycles. The van der Waals surface area contributed by atoms with Crippen LogP contribution in [0.2, 0.25) is 0 Å². The second kappa shape index (κ2) is 39.1. The van der Waals surface area contributed by atoms with Gasteiger partial charge in [0.25, 0.3) is 16.7 Å². The minimum atomic E-state index is -3.23. The fraction of sp³-hybridized carbons (Fsp3) is 0.552. The Balaban J connectivity index is 0.000000501. The molecule has 5 aromatic heterocycles. The summed E-state index contributed by atoms with van der Waals surface area (Å²) in [6.45, 7) is 37.8. The number of imide groups is 1. The van der Waals surface area contributed by atoms with Crippen molar-refractivity contribution in [2.45, 2.75) is 179 Å². The number of nitrogens with zero attached hydrogens (tertiary/aromatic N) is 9. The SMILES string of the molecule is CC(C)N1CC(=O)NC1=O.CC(C)N1CC=CNC1=O.CC(C)N1CC=CNS1(=O)=O.CC(C)N1CCNC1=O.CC(C)c1ccc[nH]c1=O.CC(C)c1ccn[nH]c1=O.CC(C)n1c(=O)cc[nH]c1=O.CC(C)n1cc[nH]c1=O.CC(C)n1nc[nH]c1=O. The van der Waals surface area contributed by atoms with E-state index in [0.717, 1.165) is 30.8 Å². The van der Waals surface area contributed by atoms with Crippen molar-refractivity contribution in [1.82, 2.24) is 88.7 Å². The molecule has 2 fully saturated rings. The Morgan fingerprint density at radius 3 is 1.44 bits per heavy atom. The van der Waals surface area contributed by atoms with Crippen LogP contribution in [0.15, 0.2) is 115 Å². The number of carbonyl (C=O) groups excluding carboxylic acids is 4. The number of pyridine rings is 1. The van der Waals surface area contributed by atoms with Crippen molar-refractivity contribution < 1.29 is 27.6 Å². The van der Waals surface area contributed by atoms with Gasteiger partial charge < -0.3 is 40.3 Å². The van der Waals surface area contributed by atoms with Gasteiger partial charge >= 0.3 is 45.4 Å². The van der Waals surface area contributed by atoms with Gasteiger partial charge in [0.05, 0.1) is 6.04 Å². The number of rotatable bonds is 9. The molecular weight excluding hydrogens is 1170 g/mol. The first-order valence-electron chi connectivity index (χ1n) is 29.3. The maximum Gasteiger partial charge on any atom is 0.343 e. The Kier molecular flexibility index (Phi) is 34.3. The number of carbonyl (C=O) groups is 4. The zero-order valence-corrected chi connectivity index (χ0v) is 55.5. The lowest BCUT2D eigenvalue weighted by atomic mass is 10.1. The predicted octanol–water partition coefficient (Wildman–Crippen LogP) is 4.78. The fourth-order valence-corrected chi connectivity index (χ4v) is 8.94. The molecule has 89 heavy (non-hydrogen) atoms. The summed E-state index contributed by atoms with van der Waals surface area (Å²) in [5.74, 6) is 0.371. The standard InChI is InChI=1S/C8H11NO.C7H10N2O2.C7H12N2O.C7H10N2O.C6H12N2O2S.C6H10N2O2.C6H12N2O.C6H10N2O.C5H9N3O/c1-6(2)7-4-3-5-9-8(7)10;1-5(2)9-6(10)3-4-8-7(9)11;1-6(2)9-5-3-4-8-7(9)10;1-5(2)6-3-4-8-9-7(6)10;1-6(2)8-5-3-4-7-11(8,9)10;1-4(2)8-3-5(9)7-6(8)10;2*1-5(2)8-4-3-7-6(8)9;1-4(2)8-5(9)6-3-7-8/h3-6H,1-2H3,(H,9,10);3-5H,1-2H3,(H,8,11);3-4,6H,5H2,1-2H3,(H,8,10);3-5H,1-2H3,(H,9,10);3-4,6-7H,5H2,1-2H3;4H,3H2,1-2H3,(H,7,9,10);5H,3-4H2,1-2H3,(H,7,9);3-5H,1-2H3,(H,7,9);3-4H,1-2H3,(H,6,7,9). The van der Waals surface area contributed by atoms with Gasteiger partial charge in [-0.2, -0.15) is 22.9 Å². The molecule has 9 N–H and O–H groups in total. The maximum atomic E-state index is 11.2. The van der Waals surface area contributed by atoms with E-state index in [-0.39, 0.29) is 106 Å². The van der Waals surface area contributed by atoms with Gasteiger partial charge in [-0.15, -0.1) is 0 Å². The molecule has 31 heteroatoms. The highest BCUT2D eigenvalue weighted by Gasteiger charge is 2.28. The number of imidazole rings is 1. The van der Waals surface area contributed by atoms with E-state index in [2.05, 4.69) is 55.9 Å². The largest absolute Gasteiger partial charge is 0.343 e. The van der Waals surface area contributed by atoms with Crippen LogP contribution < -0.4 is 54.4 Å². The smallest absolute Gasteiger partial charge is 0.336 e. The number of aromatic nitrogens is 10. The van der Waals surface area contributed by atoms with E-state index >= 15 is 0 Å². The average molecular weight is 1270 g/mol.